The summed E-state index contributed by atoms with van der Waals surface area (Å²) in [7, 11) is 3.96. The van der Waals surface area contributed by atoms with Gasteiger partial charge in [-0.05, 0) is 31.0 Å². The summed E-state index contributed by atoms with van der Waals surface area (Å²) in [5, 5.41) is 6.53. The van der Waals surface area contributed by atoms with Crippen molar-refractivity contribution in [3.8, 4) is 0 Å². The molecule has 8 heteroatoms. The summed E-state index contributed by atoms with van der Waals surface area (Å²) in [6.07, 6.45) is 4.09. The molecule has 0 atom stereocenters. The largest absolute Gasteiger partial charge is 0.379 e. The summed E-state index contributed by atoms with van der Waals surface area (Å²) in [4.78, 5) is 10.9. The molecule has 0 bridgehead atoms. The van der Waals surface area contributed by atoms with Gasteiger partial charge < -0.3 is 25.0 Å². The van der Waals surface area contributed by atoms with Crippen molar-refractivity contribution in [2.24, 2.45) is 4.99 Å². The van der Waals surface area contributed by atoms with E-state index in [9.17, 15) is 0 Å². The van der Waals surface area contributed by atoms with Crippen molar-refractivity contribution in [3.05, 3.63) is 23.9 Å². The standard InChI is InChI=1S/C19H35N5O2.HI/c1-5-7-11-25-13-14-26-12-10-22-19(20-6-2)23-16-17-8-9-21-18(15-17)24(3)4;/h8-9,15H,5-7,10-14,16H2,1-4H3,(H2,20,22,23);1H. The molecule has 0 radical (unpaired) electrons. The molecule has 0 amide bonds. The number of hydrogen-bond acceptors (Lipinski definition) is 5. The summed E-state index contributed by atoms with van der Waals surface area (Å²) in [6, 6.07) is 4.04. The van der Waals surface area contributed by atoms with E-state index < -0.39 is 0 Å². The van der Waals surface area contributed by atoms with Gasteiger partial charge in [0.15, 0.2) is 5.96 Å². The normalized spacial score (nSPS) is 11.0. The molecular formula is C19H36IN5O2. The Labute approximate surface area is 181 Å². The van der Waals surface area contributed by atoms with E-state index in [2.05, 4.69) is 40.5 Å². The Morgan fingerprint density at radius 1 is 1.11 bits per heavy atom. The van der Waals surface area contributed by atoms with Crippen LogP contribution in [0.4, 0.5) is 5.82 Å². The van der Waals surface area contributed by atoms with Gasteiger partial charge in [0.25, 0.3) is 0 Å². The molecule has 0 spiro atoms. The third kappa shape index (κ3) is 12.8. The van der Waals surface area contributed by atoms with Crippen LogP contribution in [-0.2, 0) is 16.0 Å². The van der Waals surface area contributed by atoms with Gasteiger partial charge in [0.2, 0.25) is 0 Å². The first-order chi connectivity index (χ1) is 12.7. The van der Waals surface area contributed by atoms with Gasteiger partial charge in [-0.2, -0.15) is 0 Å². The number of hydrogen-bond donors (Lipinski definition) is 2. The lowest BCUT2D eigenvalue weighted by molar-refractivity contribution is 0.0487. The summed E-state index contributed by atoms with van der Waals surface area (Å²) in [5.41, 5.74) is 1.13. The molecule has 0 aliphatic carbocycles. The number of guanidine groups is 1. The van der Waals surface area contributed by atoms with Gasteiger partial charge in [0, 0.05) is 40.0 Å². The Bertz CT molecular complexity index is 515. The molecule has 1 aromatic rings. The lowest BCUT2D eigenvalue weighted by atomic mass is 10.2. The maximum Gasteiger partial charge on any atom is 0.191 e. The first-order valence-electron chi connectivity index (χ1n) is 9.47. The van der Waals surface area contributed by atoms with Gasteiger partial charge in [-0.25, -0.2) is 9.98 Å². The fraction of sp³-hybridized carbons (Fsp3) is 0.684. The van der Waals surface area contributed by atoms with Crippen LogP contribution in [0.25, 0.3) is 0 Å². The second-order valence-electron chi connectivity index (χ2n) is 6.12. The molecule has 0 saturated carbocycles. The highest BCUT2D eigenvalue weighted by Crippen LogP contribution is 2.10. The number of anilines is 1. The SMILES string of the molecule is CCCCOCCOCCNC(=NCc1ccnc(N(C)C)c1)NCC.I. The van der Waals surface area contributed by atoms with E-state index in [-0.39, 0.29) is 24.0 Å². The average Bonchev–Trinajstić information content (AvgIpc) is 2.65. The number of unbranched alkanes of at least 4 members (excludes halogenated alkanes) is 1. The summed E-state index contributed by atoms with van der Waals surface area (Å²) < 4.78 is 11.0. The first-order valence-corrected chi connectivity index (χ1v) is 9.47. The predicted molar refractivity (Wildman–Crippen MR) is 123 cm³/mol. The van der Waals surface area contributed by atoms with Crippen molar-refractivity contribution in [2.75, 3.05) is 58.5 Å². The lowest BCUT2D eigenvalue weighted by Gasteiger charge is -2.13. The second kappa shape index (κ2) is 17.0. The summed E-state index contributed by atoms with van der Waals surface area (Å²) in [5.74, 6) is 1.73. The van der Waals surface area contributed by atoms with Crippen molar-refractivity contribution in [2.45, 2.75) is 33.2 Å². The molecular weight excluding hydrogens is 457 g/mol. The Morgan fingerprint density at radius 3 is 2.52 bits per heavy atom. The highest BCUT2D eigenvalue weighted by Gasteiger charge is 2.01. The maximum atomic E-state index is 5.56. The fourth-order valence-electron chi connectivity index (χ4n) is 2.13. The van der Waals surface area contributed by atoms with Crippen LogP contribution in [0.1, 0.15) is 32.3 Å². The maximum absolute atomic E-state index is 5.56. The Kier molecular flexibility index (Phi) is 16.3. The Hall–Kier alpha value is -1.13. The number of nitrogens with zero attached hydrogens (tertiary/aromatic N) is 3. The van der Waals surface area contributed by atoms with Crippen LogP contribution in [0, 0.1) is 0 Å². The number of aromatic nitrogens is 1. The third-order valence-corrected chi connectivity index (χ3v) is 3.59. The number of pyridine rings is 1. The molecule has 1 aromatic heterocycles. The van der Waals surface area contributed by atoms with E-state index in [1.165, 1.54) is 0 Å². The minimum absolute atomic E-state index is 0. The molecule has 0 saturated heterocycles. The zero-order chi connectivity index (χ0) is 19.0. The number of nitrogens with one attached hydrogen (secondary N) is 2. The zero-order valence-corrected chi connectivity index (χ0v) is 19.5. The van der Waals surface area contributed by atoms with Crippen LogP contribution in [0.15, 0.2) is 23.3 Å². The van der Waals surface area contributed by atoms with Crippen molar-refractivity contribution >= 4 is 35.8 Å². The third-order valence-electron chi connectivity index (χ3n) is 3.59. The number of halogens is 1. The van der Waals surface area contributed by atoms with Gasteiger partial charge in [-0.15, -0.1) is 24.0 Å². The van der Waals surface area contributed by atoms with E-state index in [0.29, 0.717) is 32.9 Å². The van der Waals surface area contributed by atoms with E-state index in [1.54, 1.807) is 0 Å². The van der Waals surface area contributed by atoms with Crippen LogP contribution >= 0.6 is 24.0 Å². The van der Waals surface area contributed by atoms with E-state index in [0.717, 1.165) is 43.3 Å². The molecule has 2 N–H and O–H groups in total. The fourth-order valence-corrected chi connectivity index (χ4v) is 2.13. The zero-order valence-electron chi connectivity index (χ0n) is 17.2. The molecule has 27 heavy (non-hydrogen) atoms. The van der Waals surface area contributed by atoms with Crippen LogP contribution < -0.4 is 15.5 Å². The lowest BCUT2D eigenvalue weighted by Crippen LogP contribution is -2.39. The van der Waals surface area contributed by atoms with Gasteiger partial charge in [0.05, 0.1) is 26.4 Å². The molecule has 1 rings (SSSR count). The van der Waals surface area contributed by atoms with Crippen molar-refractivity contribution < 1.29 is 9.47 Å². The summed E-state index contributed by atoms with van der Waals surface area (Å²) >= 11 is 0. The minimum Gasteiger partial charge on any atom is -0.379 e. The number of aliphatic imine (C=N–C) groups is 1. The van der Waals surface area contributed by atoms with Crippen molar-refractivity contribution in [1.82, 2.24) is 15.6 Å². The number of ether oxygens (including phenoxy) is 2. The first kappa shape index (κ1) is 25.9. The molecule has 0 aromatic carbocycles. The molecule has 7 nitrogen and oxygen atoms in total. The van der Waals surface area contributed by atoms with Crippen LogP contribution in [0.2, 0.25) is 0 Å². The molecule has 156 valence electrons. The van der Waals surface area contributed by atoms with E-state index in [1.807, 2.05) is 31.3 Å². The van der Waals surface area contributed by atoms with Gasteiger partial charge >= 0.3 is 0 Å². The Morgan fingerprint density at radius 2 is 1.85 bits per heavy atom. The number of rotatable bonds is 13. The van der Waals surface area contributed by atoms with Gasteiger partial charge in [-0.3, -0.25) is 0 Å². The summed E-state index contributed by atoms with van der Waals surface area (Å²) in [6.45, 7) is 9.07. The van der Waals surface area contributed by atoms with Crippen molar-refractivity contribution in [3.63, 3.8) is 0 Å². The predicted octanol–water partition coefficient (Wildman–Crippen LogP) is 2.65. The monoisotopic (exact) mass is 493 g/mol. The Balaban J connectivity index is 0.00000676. The quantitative estimate of drug-likeness (QED) is 0.191. The van der Waals surface area contributed by atoms with Crippen molar-refractivity contribution in [1.29, 1.82) is 0 Å². The van der Waals surface area contributed by atoms with Gasteiger partial charge in [0.1, 0.15) is 5.82 Å². The topological polar surface area (TPSA) is 71.0 Å². The molecule has 0 aliphatic heterocycles. The van der Waals surface area contributed by atoms with Gasteiger partial charge in [-0.1, -0.05) is 13.3 Å². The smallest absolute Gasteiger partial charge is 0.191 e. The highest BCUT2D eigenvalue weighted by molar-refractivity contribution is 14.0. The molecule has 0 unspecified atom stereocenters. The molecule has 0 aliphatic rings. The molecule has 0 fully saturated rings. The minimum atomic E-state index is 0. The van der Waals surface area contributed by atoms with Crippen LogP contribution in [0.3, 0.4) is 0 Å². The van der Waals surface area contributed by atoms with Crippen LogP contribution in [-0.4, -0.2) is 64.6 Å². The highest BCUT2D eigenvalue weighted by atomic mass is 127. The van der Waals surface area contributed by atoms with E-state index >= 15 is 0 Å². The van der Waals surface area contributed by atoms with Crippen LogP contribution in [0.5, 0.6) is 0 Å². The average molecular weight is 493 g/mol. The second-order valence-corrected chi connectivity index (χ2v) is 6.12. The molecule has 1 heterocycles. The van der Waals surface area contributed by atoms with E-state index in [4.69, 9.17) is 9.47 Å².